The third-order valence-electron chi connectivity index (χ3n) is 5.75. The van der Waals surface area contributed by atoms with Crippen LogP contribution in [0.1, 0.15) is 77.9 Å². The first-order valence-electron chi connectivity index (χ1n) is 11.7. The van der Waals surface area contributed by atoms with Crippen LogP contribution in [0.5, 0.6) is 0 Å². The molecular weight excluding hydrogens is 434 g/mol. The molecule has 0 aromatic carbocycles. The van der Waals surface area contributed by atoms with Crippen LogP contribution < -0.4 is 0 Å². The molecule has 2 heterocycles. The van der Waals surface area contributed by atoms with E-state index in [1.165, 1.54) is 5.57 Å². The number of aliphatic hydroxyl groups excluding tert-OH is 1. The fraction of sp³-hybridized carbons (Fsp3) is 0.593. The molecule has 1 aromatic heterocycles. The van der Waals surface area contributed by atoms with Crippen LogP contribution in [0.15, 0.2) is 35.3 Å². The Morgan fingerprint density at radius 2 is 1.94 bits per heavy atom. The van der Waals surface area contributed by atoms with E-state index in [-0.39, 0.29) is 18.1 Å². The molecular formula is C27H41NO4S. The quantitative estimate of drug-likeness (QED) is 0.380. The largest absolute Gasteiger partial charge is 0.465 e. The number of nitrogens with zero attached hydrogens (tertiary/aromatic N) is 1. The van der Waals surface area contributed by atoms with Gasteiger partial charge in [-0.15, -0.1) is 11.3 Å². The van der Waals surface area contributed by atoms with E-state index in [1.54, 1.807) is 25.2 Å². The number of aliphatic hydroxyl groups is 1. The highest BCUT2D eigenvalue weighted by Gasteiger charge is 2.39. The van der Waals surface area contributed by atoms with E-state index in [4.69, 9.17) is 4.74 Å². The van der Waals surface area contributed by atoms with E-state index in [0.29, 0.717) is 18.9 Å². The predicted octanol–water partition coefficient (Wildman–Crippen LogP) is 6.32. The molecule has 0 spiro atoms. The summed E-state index contributed by atoms with van der Waals surface area (Å²) >= 11 is 1.68. The molecule has 0 saturated heterocycles. The van der Waals surface area contributed by atoms with Gasteiger partial charge in [0.05, 0.1) is 35.2 Å². The molecule has 1 aromatic rings. The Hall–Kier alpha value is -2.05. The number of rotatable bonds is 1. The molecule has 2 rings (SSSR count). The Morgan fingerprint density at radius 1 is 1.24 bits per heavy atom. The van der Waals surface area contributed by atoms with E-state index in [2.05, 4.69) is 42.4 Å². The van der Waals surface area contributed by atoms with Crippen molar-refractivity contribution in [2.45, 2.75) is 80.3 Å². The van der Waals surface area contributed by atoms with Crippen molar-refractivity contribution in [3.05, 3.63) is 46.0 Å². The number of hydrogen-bond acceptors (Lipinski definition) is 6. The van der Waals surface area contributed by atoms with Crippen LogP contribution in [0.2, 0.25) is 0 Å². The van der Waals surface area contributed by atoms with Gasteiger partial charge < -0.3 is 9.84 Å². The summed E-state index contributed by atoms with van der Waals surface area (Å²) in [5.41, 5.74) is 1.34. The Labute approximate surface area is 203 Å². The summed E-state index contributed by atoms with van der Waals surface area (Å²) in [4.78, 5) is 28.8. The van der Waals surface area contributed by atoms with Gasteiger partial charge in [0.1, 0.15) is 5.78 Å². The second-order valence-electron chi connectivity index (χ2n) is 9.40. The standard InChI is InChI=1S/C20H32O4.C7H9NS/c1-14-8-6-9-15(2)12-16(3)19(23)20(4,5)17(21)13-18(22)24-11-7-10-14;1-3-4-7-5-9-6(2)8-7/h6,9-10,15-17,21H,7-8,11-13H2,1-5H3;3-5H,1-2H3/b9-6-,14-10-;4-3-. The van der Waals surface area contributed by atoms with Crippen molar-refractivity contribution in [1.82, 2.24) is 4.98 Å². The summed E-state index contributed by atoms with van der Waals surface area (Å²) in [6.45, 7) is 13.8. The molecule has 1 N–H and O–H groups in total. The molecule has 1 aliphatic heterocycles. The fourth-order valence-electron chi connectivity index (χ4n) is 3.69. The average molecular weight is 476 g/mol. The Kier molecular flexibility index (Phi) is 12.5. The van der Waals surface area contributed by atoms with Crippen LogP contribution >= 0.6 is 11.3 Å². The van der Waals surface area contributed by atoms with Crippen molar-refractivity contribution < 1.29 is 19.4 Å². The second kappa shape index (κ2) is 14.3. The van der Waals surface area contributed by atoms with Crippen LogP contribution in [-0.2, 0) is 14.3 Å². The number of carbonyl (C=O) groups is 2. The van der Waals surface area contributed by atoms with Gasteiger partial charge in [-0.05, 0) is 52.0 Å². The molecule has 0 amide bonds. The first kappa shape index (κ1) is 29.0. The minimum absolute atomic E-state index is 0.00813. The molecule has 184 valence electrons. The number of aryl methyl sites for hydroxylation is 1. The van der Waals surface area contributed by atoms with Gasteiger partial charge in [-0.2, -0.15) is 0 Å². The number of hydrogen-bond donors (Lipinski definition) is 1. The Bertz CT molecular complexity index is 850. The lowest BCUT2D eigenvalue weighted by Gasteiger charge is -2.31. The topological polar surface area (TPSA) is 76.5 Å². The molecule has 0 bridgehead atoms. The molecule has 33 heavy (non-hydrogen) atoms. The van der Waals surface area contributed by atoms with E-state index < -0.39 is 17.5 Å². The van der Waals surface area contributed by atoms with Crippen LogP contribution in [-0.4, -0.2) is 34.6 Å². The van der Waals surface area contributed by atoms with E-state index in [1.807, 2.05) is 32.9 Å². The first-order valence-corrected chi connectivity index (χ1v) is 12.6. The average Bonchev–Trinajstić information content (AvgIpc) is 3.15. The second-order valence-corrected chi connectivity index (χ2v) is 10.5. The molecule has 5 nitrogen and oxygen atoms in total. The first-order chi connectivity index (χ1) is 15.5. The van der Waals surface area contributed by atoms with Gasteiger partial charge in [0.25, 0.3) is 0 Å². The molecule has 6 heteroatoms. The zero-order valence-electron chi connectivity index (χ0n) is 21.3. The summed E-state index contributed by atoms with van der Waals surface area (Å²) in [6.07, 6.45) is 11.4. The van der Waals surface area contributed by atoms with Crippen LogP contribution in [0.3, 0.4) is 0 Å². The fourth-order valence-corrected chi connectivity index (χ4v) is 4.27. The van der Waals surface area contributed by atoms with E-state index in [0.717, 1.165) is 23.5 Å². The molecule has 0 saturated carbocycles. The maximum absolute atomic E-state index is 12.7. The van der Waals surface area contributed by atoms with Crippen LogP contribution in [0.25, 0.3) is 6.08 Å². The normalized spacial score (nSPS) is 27.8. The zero-order chi connectivity index (χ0) is 25.0. The minimum atomic E-state index is -1.03. The van der Waals surface area contributed by atoms with Gasteiger partial charge in [-0.1, -0.05) is 57.6 Å². The van der Waals surface area contributed by atoms with Crippen LogP contribution in [0.4, 0.5) is 0 Å². The number of ether oxygens (including phenoxy) is 1. The van der Waals surface area contributed by atoms with Gasteiger partial charge in [-0.3, -0.25) is 9.59 Å². The van der Waals surface area contributed by atoms with Crippen LogP contribution in [0, 0.1) is 24.2 Å². The highest BCUT2D eigenvalue weighted by atomic mass is 32.1. The summed E-state index contributed by atoms with van der Waals surface area (Å²) in [7, 11) is 0. The lowest BCUT2D eigenvalue weighted by molar-refractivity contribution is -0.150. The number of Topliss-reactive ketones (excluding diaryl/α,β-unsaturated/α-hetero) is 1. The van der Waals surface area contributed by atoms with Crippen molar-refractivity contribution in [1.29, 1.82) is 0 Å². The maximum atomic E-state index is 12.7. The molecule has 0 fully saturated rings. The predicted molar refractivity (Wildman–Crippen MR) is 137 cm³/mol. The number of ketones is 1. The maximum Gasteiger partial charge on any atom is 0.308 e. The van der Waals surface area contributed by atoms with Gasteiger partial charge in [0, 0.05) is 11.3 Å². The third kappa shape index (κ3) is 10.6. The van der Waals surface area contributed by atoms with Crippen molar-refractivity contribution in [3.63, 3.8) is 0 Å². The lowest BCUT2D eigenvalue weighted by Crippen LogP contribution is -2.42. The lowest BCUT2D eigenvalue weighted by atomic mass is 9.74. The van der Waals surface area contributed by atoms with E-state index >= 15 is 0 Å². The molecule has 3 unspecified atom stereocenters. The summed E-state index contributed by atoms with van der Waals surface area (Å²) in [6, 6.07) is 0. The molecule has 3 atom stereocenters. The number of aromatic nitrogens is 1. The Morgan fingerprint density at radius 3 is 2.55 bits per heavy atom. The summed E-state index contributed by atoms with van der Waals surface area (Å²) < 4.78 is 5.16. The Balaban J connectivity index is 0.000000502. The van der Waals surface area contributed by atoms with E-state index in [9.17, 15) is 14.7 Å². The highest BCUT2D eigenvalue weighted by Crippen LogP contribution is 2.31. The number of carbonyl (C=O) groups excluding carboxylic acids is 2. The van der Waals surface area contributed by atoms with Crippen molar-refractivity contribution in [2.75, 3.05) is 6.61 Å². The van der Waals surface area contributed by atoms with Crippen molar-refractivity contribution >= 4 is 29.2 Å². The number of esters is 1. The monoisotopic (exact) mass is 475 g/mol. The molecule has 0 aliphatic carbocycles. The van der Waals surface area contributed by atoms with Gasteiger partial charge in [0.2, 0.25) is 0 Å². The number of cyclic esters (lactones) is 1. The van der Waals surface area contributed by atoms with Crippen molar-refractivity contribution in [3.8, 4) is 0 Å². The molecule has 1 aliphatic rings. The van der Waals surface area contributed by atoms with Gasteiger partial charge >= 0.3 is 5.97 Å². The van der Waals surface area contributed by atoms with Gasteiger partial charge in [0.15, 0.2) is 0 Å². The van der Waals surface area contributed by atoms with Gasteiger partial charge in [-0.25, -0.2) is 4.98 Å². The number of allylic oxidation sites excluding steroid dienone is 4. The molecule has 0 radical (unpaired) electrons. The third-order valence-corrected chi connectivity index (χ3v) is 6.55. The summed E-state index contributed by atoms with van der Waals surface area (Å²) in [5.74, 6) is -0.342. The highest BCUT2D eigenvalue weighted by molar-refractivity contribution is 7.09. The number of thiazole rings is 1. The SMILES string of the molecule is C/C1=C/CCOC(=O)CC(O)C(C)(C)C(=O)C(C)CC(C)/C=C\C1.C/C=C\c1csc(C)n1. The smallest absolute Gasteiger partial charge is 0.308 e. The summed E-state index contributed by atoms with van der Waals surface area (Å²) in [5, 5.41) is 13.5. The van der Waals surface area contributed by atoms with Crippen molar-refractivity contribution in [2.24, 2.45) is 17.3 Å². The zero-order valence-corrected chi connectivity index (χ0v) is 22.1. The minimum Gasteiger partial charge on any atom is -0.465 e.